The summed E-state index contributed by atoms with van der Waals surface area (Å²) in [6, 6.07) is 0. The molecule has 0 rings (SSSR count). The second-order valence-corrected chi connectivity index (χ2v) is 7.22. The van der Waals surface area contributed by atoms with Gasteiger partial charge >= 0.3 is 0 Å². The Morgan fingerprint density at radius 3 is 2.17 bits per heavy atom. The number of nitrogens with zero attached hydrogens (tertiary/aromatic N) is 2. The smallest absolute Gasteiger partial charge is 0.218 e. The summed E-state index contributed by atoms with van der Waals surface area (Å²) >= 11 is 0. The first kappa shape index (κ1) is 17.8. The highest BCUT2D eigenvalue weighted by atomic mass is 32.2. The van der Waals surface area contributed by atoms with Gasteiger partial charge < -0.3 is 10.2 Å². The third-order valence-corrected chi connectivity index (χ3v) is 5.09. The molecule has 18 heavy (non-hydrogen) atoms. The lowest BCUT2D eigenvalue weighted by atomic mass is 10.4. The molecule has 5 nitrogen and oxygen atoms in total. The monoisotopic (exact) mass is 279 g/mol. The Morgan fingerprint density at radius 1 is 1.11 bits per heavy atom. The Labute approximate surface area is 113 Å². The van der Waals surface area contributed by atoms with Crippen LogP contribution in [0.25, 0.3) is 0 Å². The van der Waals surface area contributed by atoms with Crippen molar-refractivity contribution in [2.24, 2.45) is 0 Å². The molecule has 0 aromatic rings. The Kier molecular flexibility index (Phi) is 8.77. The van der Waals surface area contributed by atoms with Crippen molar-refractivity contribution >= 4 is 10.0 Å². The van der Waals surface area contributed by atoms with E-state index in [-0.39, 0.29) is 5.25 Å². The molecule has 0 spiro atoms. The van der Waals surface area contributed by atoms with E-state index in [1.807, 2.05) is 32.8 Å². The molecule has 1 atom stereocenters. The first-order valence-electron chi connectivity index (χ1n) is 6.70. The van der Waals surface area contributed by atoms with Gasteiger partial charge in [-0.3, -0.25) is 0 Å². The fourth-order valence-electron chi connectivity index (χ4n) is 1.63. The van der Waals surface area contributed by atoms with Crippen LogP contribution in [0.1, 0.15) is 27.2 Å². The van der Waals surface area contributed by atoms with Gasteiger partial charge in [-0.25, -0.2) is 12.7 Å². The third-order valence-electron chi connectivity index (χ3n) is 2.82. The predicted molar refractivity (Wildman–Crippen MR) is 77.3 cm³/mol. The van der Waals surface area contributed by atoms with Crippen LogP contribution in [0.4, 0.5) is 0 Å². The molecule has 0 aliphatic heterocycles. The molecule has 0 saturated carbocycles. The number of nitrogens with one attached hydrogen (secondary N) is 1. The van der Waals surface area contributed by atoms with E-state index in [4.69, 9.17) is 0 Å². The van der Waals surface area contributed by atoms with Crippen molar-refractivity contribution in [3.63, 3.8) is 0 Å². The lowest BCUT2D eigenvalue weighted by Gasteiger charge is -2.26. The van der Waals surface area contributed by atoms with Crippen molar-refractivity contribution in [2.75, 3.05) is 46.8 Å². The SMILES string of the molecule is CCCN(CCN(C)C)S(=O)(=O)C(C)CNCC. The quantitative estimate of drug-likeness (QED) is 0.636. The van der Waals surface area contributed by atoms with Gasteiger partial charge in [-0.2, -0.15) is 0 Å². The predicted octanol–water partition coefficient (Wildman–Crippen LogP) is 0.588. The van der Waals surface area contributed by atoms with Gasteiger partial charge in [0.1, 0.15) is 0 Å². The standard InChI is InChI=1S/C12H29N3O2S/c1-6-8-15(10-9-14(4)5)18(16,17)12(3)11-13-7-2/h12-13H,6-11H2,1-5H3. The Balaban J connectivity index is 4.63. The fraction of sp³-hybridized carbons (Fsp3) is 1.00. The Hall–Kier alpha value is -0.170. The zero-order valence-electron chi connectivity index (χ0n) is 12.4. The van der Waals surface area contributed by atoms with Crippen molar-refractivity contribution < 1.29 is 8.42 Å². The van der Waals surface area contributed by atoms with Crippen LogP contribution >= 0.6 is 0 Å². The minimum Gasteiger partial charge on any atom is -0.316 e. The highest BCUT2D eigenvalue weighted by Gasteiger charge is 2.27. The summed E-state index contributed by atoms with van der Waals surface area (Å²) in [5.41, 5.74) is 0. The second-order valence-electron chi connectivity index (χ2n) is 4.87. The van der Waals surface area contributed by atoms with Crippen molar-refractivity contribution in [3.8, 4) is 0 Å². The van der Waals surface area contributed by atoms with Crippen LogP contribution in [0.3, 0.4) is 0 Å². The van der Waals surface area contributed by atoms with E-state index >= 15 is 0 Å². The first-order chi connectivity index (χ1) is 8.36. The van der Waals surface area contributed by atoms with Crippen LogP contribution in [-0.2, 0) is 10.0 Å². The summed E-state index contributed by atoms with van der Waals surface area (Å²) in [6.07, 6.45) is 0.848. The number of rotatable bonds is 10. The third kappa shape index (κ3) is 6.13. The first-order valence-corrected chi connectivity index (χ1v) is 8.20. The van der Waals surface area contributed by atoms with E-state index in [1.54, 1.807) is 11.2 Å². The molecule has 0 fully saturated rings. The molecule has 1 N–H and O–H groups in total. The molecule has 1 unspecified atom stereocenters. The van der Waals surface area contributed by atoms with Crippen molar-refractivity contribution in [1.82, 2.24) is 14.5 Å². The average Bonchev–Trinajstić information content (AvgIpc) is 2.30. The molecule has 6 heteroatoms. The summed E-state index contributed by atoms with van der Waals surface area (Å²) in [5, 5.41) is 2.73. The minimum absolute atomic E-state index is 0.369. The van der Waals surface area contributed by atoms with Gasteiger partial charge in [-0.1, -0.05) is 13.8 Å². The van der Waals surface area contributed by atoms with Gasteiger partial charge in [0, 0.05) is 26.2 Å². The van der Waals surface area contributed by atoms with E-state index in [9.17, 15) is 8.42 Å². The summed E-state index contributed by atoms with van der Waals surface area (Å²) in [4.78, 5) is 2.01. The van der Waals surface area contributed by atoms with E-state index in [0.29, 0.717) is 19.6 Å². The highest BCUT2D eigenvalue weighted by Crippen LogP contribution is 2.09. The molecule has 0 aromatic carbocycles. The van der Waals surface area contributed by atoms with Crippen molar-refractivity contribution in [1.29, 1.82) is 0 Å². The molecule has 0 heterocycles. The molecule has 110 valence electrons. The number of likely N-dealkylation sites (N-methyl/N-ethyl adjacent to an activating group) is 1. The lowest BCUT2D eigenvalue weighted by Crippen LogP contribution is -2.44. The van der Waals surface area contributed by atoms with Crippen LogP contribution in [-0.4, -0.2) is 69.7 Å². The normalized spacial score (nSPS) is 14.4. The molecule has 0 aromatic heterocycles. The van der Waals surface area contributed by atoms with Gasteiger partial charge in [0.05, 0.1) is 5.25 Å². The zero-order valence-corrected chi connectivity index (χ0v) is 13.3. The van der Waals surface area contributed by atoms with Crippen LogP contribution in [0.5, 0.6) is 0 Å². The number of hydrogen-bond donors (Lipinski definition) is 1. The molecule has 0 aliphatic rings. The Bertz CT molecular complexity index is 304. The highest BCUT2D eigenvalue weighted by molar-refractivity contribution is 7.89. The summed E-state index contributed by atoms with van der Waals surface area (Å²) in [5.74, 6) is 0. The van der Waals surface area contributed by atoms with Crippen LogP contribution < -0.4 is 5.32 Å². The van der Waals surface area contributed by atoms with E-state index in [2.05, 4.69) is 5.32 Å². The Morgan fingerprint density at radius 2 is 1.72 bits per heavy atom. The number of sulfonamides is 1. The van der Waals surface area contributed by atoms with Gasteiger partial charge in [-0.15, -0.1) is 0 Å². The van der Waals surface area contributed by atoms with Gasteiger partial charge in [0.2, 0.25) is 10.0 Å². The van der Waals surface area contributed by atoms with E-state index in [1.165, 1.54) is 0 Å². The van der Waals surface area contributed by atoms with Crippen LogP contribution in [0, 0.1) is 0 Å². The minimum atomic E-state index is -3.19. The maximum absolute atomic E-state index is 12.4. The lowest BCUT2D eigenvalue weighted by molar-refractivity contribution is 0.330. The molecule has 0 saturated heterocycles. The average molecular weight is 279 g/mol. The summed E-state index contributed by atoms with van der Waals surface area (Å²) < 4.78 is 26.4. The van der Waals surface area contributed by atoms with Gasteiger partial charge in [0.25, 0.3) is 0 Å². The van der Waals surface area contributed by atoms with E-state index in [0.717, 1.165) is 19.5 Å². The second kappa shape index (κ2) is 8.85. The van der Waals surface area contributed by atoms with Crippen LogP contribution in [0.2, 0.25) is 0 Å². The maximum atomic E-state index is 12.4. The number of hydrogen-bond acceptors (Lipinski definition) is 4. The fourth-order valence-corrected chi connectivity index (χ4v) is 3.25. The van der Waals surface area contributed by atoms with Crippen LogP contribution in [0.15, 0.2) is 0 Å². The molecular formula is C12H29N3O2S. The van der Waals surface area contributed by atoms with E-state index < -0.39 is 10.0 Å². The molecule has 0 bridgehead atoms. The zero-order chi connectivity index (χ0) is 14.2. The summed E-state index contributed by atoms with van der Waals surface area (Å²) in [7, 11) is 0.727. The molecular weight excluding hydrogens is 250 g/mol. The maximum Gasteiger partial charge on any atom is 0.218 e. The molecule has 0 radical (unpaired) electrons. The summed E-state index contributed by atoms with van der Waals surface area (Å²) in [6.45, 7) is 9.00. The van der Waals surface area contributed by atoms with Gasteiger partial charge in [-0.05, 0) is 34.0 Å². The van der Waals surface area contributed by atoms with Crippen molar-refractivity contribution in [3.05, 3.63) is 0 Å². The van der Waals surface area contributed by atoms with Crippen molar-refractivity contribution in [2.45, 2.75) is 32.4 Å². The molecule has 0 aliphatic carbocycles. The topological polar surface area (TPSA) is 52.7 Å². The largest absolute Gasteiger partial charge is 0.316 e. The molecule has 0 amide bonds. The van der Waals surface area contributed by atoms with Gasteiger partial charge in [0.15, 0.2) is 0 Å².